The van der Waals surface area contributed by atoms with Crippen molar-refractivity contribution in [1.82, 2.24) is 9.97 Å². The molecule has 3 heteroatoms. The molecule has 0 saturated heterocycles. The molecule has 3 nitrogen and oxygen atoms in total. The van der Waals surface area contributed by atoms with E-state index in [0.29, 0.717) is 0 Å². The fraction of sp³-hybridized carbons (Fsp3) is 0.211. The monoisotopic (exact) mass is 288 g/mol. The molecular weight excluding hydrogens is 270 g/mol. The van der Waals surface area contributed by atoms with E-state index in [1.165, 1.54) is 39.2 Å². The Morgan fingerprint density at radius 3 is 2.77 bits per heavy atom. The highest BCUT2D eigenvalue weighted by atomic mass is 15.0. The maximum absolute atomic E-state index is 4.76. The number of hydrogen-bond acceptors (Lipinski definition) is 2. The van der Waals surface area contributed by atoms with E-state index in [0.717, 1.165) is 12.1 Å². The number of benzene rings is 1. The summed E-state index contributed by atoms with van der Waals surface area (Å²) >= 11 is 0. The van der Waals surface area contributed by atoms with E-state index in [9.17, 15) is 0 Å². The smallest absolute Gasteiger partial charge is 0.231 e. The van der Waals surface area contributed by atoms with Crippen LogP contribution in [0.1, 0.15) is 22.4 Å². The van der Waals surface area contributed by atoms with Gasteiger partial charge >= 0.3 is 0 Å². The molecule has 3 aromatic rings. The molecule has 1 aliphatic rings. The van der Waals surface area contributed by atoms with E-state index in [1.807, 2.05) is 18.6 Å². The van der Waals surface area contributed by atoms with Crippen molar-refractivity contribution in [2.24, 2.45) is 7.05 Å². The second-order valence-electron chi connectivity index (χ2n) is 6.03. The SMILES string of the molecule is Cc1ccc(C)c(-c2cnc3c([n+]2C)Cc2cnccc2-3)c1. The van der Waals surface area contributed by atoms with Crippen LogP contribution in [-0.2, 0) is 13.5 Å². The van der Waals surface area contributed by atoms with E-state index < -0.39 is 0 Å². The van der Waals surface area contributed by atoms with E-state index in [1.54, 1.807) is 0 Å². The molecule has 1 aliphatic carbocycles. The molecule has 0 spiro atoms. The lowest BCUT2D eigenvalue weighted by Crippen LogP contribution is -2.36. The number of fused-ring (bicyclic) bond motifs is 3. The first kappa shape index (κ1) is 13.1. The Balaban J connectivity index is 1.92. The van der Waals surface area contributed by atoms with Crippen LogP contribution in [0.4, 0.5) is 0 Å². The van der Waals surface area contributed by atoms with Gasteiger partial charge in [-0.1, -0.05) is 17.7 Å². The Kier molecular flexibility index (Phi) is 2.83. The van der Waals surface area contributed by atoms with Gasteiger partial charge in [0.2, 0.25) is 11.4 Å². The third-order valence-corrected chi connectivity index (χ3v) is 4.54. The molecule has 2 heterocycles. The normalized spacial score (nSPS) is 12.1. The van der Waals surface area contributed by atoms with Gasteiger partial charge < -0.3 is 0 Å². The molecule has 0 N–H and O–H groups in total. The van der Waals surface area contributed by atoms with Gasteiger partial charge in [-0.25, -0.2) is 4.98 Å². The van der Waals surface area contributed by atoms with Crippen LogP contribution in [0.5, 0.6) is 0 Å². The van der Waals surface area contributed by atoms with Crippen LogP contribution < -0.4 is 4.57 Å². The third kappa shape index (κ3) is 1.86. The molecule has 22 heavy (non-hydrogen) atoms. The number of pyridine rings is 1. The molecule has 0 amide bonds. The fourth-order valence-corrected chi connectivity index (χ4v) is 3.26. The van der Waals surface area contributed by atoms with E-state index in [-0.39, 0.29) is 0 Å². The Hall–Kier alpha value is -2.55. The van der Waals surface area contributed by atoms with Crippen molar-refractivity contribution in [1.29, 1.82) is 0 Å². The Bertz CT molecular complexity index is 897. The lowest BCUT2D eigenvalue weighted by atomic mass is 10.0. The minimum Gasteiger partial charge on any atom is -0.264 e. The van der Waals surface area contributed by atoms with Crippen molar-refractivity contribution in [3.63, 3.8) is 0 Å². The van der Waals surface area contributed by atoms with Crippen LogP contribution in [0.3, 0.4) is 0 Å². The van der Waals surface area contributed by atoms with E-state index >= 15 is 0 Å². The summed E-state index contributed by atoms with van der Waals surface area (Å²) < 4.78 is 2.28. The summed E-state index contributed by atoms with van der Waals surface area (Å²) in [7, 11) is 2.14. The zero-order chi connectivity index (χ0) is 15.3. The minimum absolute atomic E-state index is 0.903. The second-order valence-corrected chi connectivity index (χ2v) is 6.03. The molecule has 0 unspecified atom stereocenters. The molecule has 1 aromatic carbocycles. The molecule has 0 atom stereocenters. The van der Waals surface area contributed by atoms with Crippen molar-refractivity contribution < 1.29 is 4.57 Å². The quantitative estimate of drug-likeness (QED) is 0.504. The molecule has 108 valence electrons. The Morgan fingerprint density at radius 1 is 1.05 bits per heavy atom. The van der Waals surface area contributed by atoms with Crippen LogP contribution in [0.15, 0.2) is 42.9 Å². The van der Waals surface area contributed by atoms with Gasteiger partial charge in [-0.2, -0.15) is 4.57 Å². The number of hydrogen-bond donors (Lipinski definition) is 0. The zero-order valence-corrected chi connectivity index (χ0v) is 13.1. The summed E-state index contributed by atoms with van der Waals surface area (Å²) in [5, 5.41) is 0. The van der Waals surface area contributed by atoms with Crippen LogP contribution >= 0.6 is 0 Å². The van der Waals surface area contributed by atoms with Crippen LogP contribution in [0, 0.1) is 13.8 Å². The predicted octanol–water partition coefficient (Wildman–Crippen LogP) is 3.16. The third-order valence-electron chi connectivity index (χ3n) is 4.54. The van der Waals surface area contributed by atoms with Gasteiger partial charge in [0.15, 0.2) is 0 Å². The first-order valence-electron chi connectivity index (χ1n) is 7.54. The first-order chi connectivity index (χ1) is 10.6. The minimum atomic E-state index is 0.903. The van der Waals surface area contributed by atoms with Crippen LogP contribution in [0.2, 0.25) is 0 Å². The van der Waals surface area contributed by atoms with Gasteiger partial charge in [-0.3, -0.25) is 4.98 Å². The van der Waals surface area contributed by atoms with Gasteiger partial charge in [0.1, 0.15) is 18.9 Å². The van der Waals surface area contributed by atoms with Crippen molar-refractivity contribution in [2.45, 2.75) is 20.3 Å². The lowest BCUT2D eigenvalue weighted by Gasteiger charge is -2.07. The topological polar surface area (TPSA) is 29.7 Å². The maximum atomic E-state index is 4.76. The van der Waals surface area contributed by atoms with Gasteiger partial charge in [-0.15, -0.1) is 0 Å². The van der Waals surface area contributed by atoms with Gasteiger partial charge in [0.25, 0.3) is 0 Å². The summed E-state index contributed by atoms with van der Waals surface area (Å²) in [6.07, 6.45) is 6.69. The maximum Gasteiger partial charge on any atom is 0.231 e. The Labute approximate surface area is 130 Å². The van der Waals surface area contributed by atoms with E-state index in [2.05, 4.69) is 54.7 Å². The molecule has 0 saturated carbocycles. The number of rotatable bonds is 1. The lowest BCUT2D eigenvalue weighted by molar-refractivity contribution is -0.667. The van der Waals surface area contributed by atoms with Crippen molar-refractivity contribution >= 4 is 0 Å². The Morgan fingerprint density at radius 2 is 1.91 bits per heavy atom. The zero-order valence-electron chi connectivity index (χ0n) is 13.1. The summed E-state index contributed by atoms with van der Waals surface area (Å²) in [6, 6.07) is 8.63. The highest BCUT2D eigenvalue weighted by Gasteiger charge is 2.29. The number of aromatic nitrogens is 3. The standard InChI is InChI=1S/C19H18N3/c1-12-4-5-13(2)16(8-12)18-11-21-19-15-6-7-20-10-14(15)9-17(19)22(18)3/h4-8,10-11H,9H2,1-3H3/q+1. The summed E-state index contributed by atoms with van der Waals surface area (Å²) in [6.45, 7) is 4.28. The fourth-order valence-electron chi connectivity index (χ4n) is 3.26. The van der Waals surface area contributed by atoms with E-state index in [4.69, 9.17) is 4.98 Å². The second kappa shape index (κ2) is 4.73. The predicted molar refractivity (Wildman–Crippen MR) is 86.4 cm³/mol. The molecule has 2 aromatic heterocycles. The van der Waals surface area contributed by atoms with Gasteiger partial charge in [0.05, 0.1) is 12.0 Å². The molecule has 0 bridgehead atoms. The molecule has 0 radical (unpaired) electrons. The van der Waals surface area contributed by atoms with Gasteiger partial charge in [0, 0.05) is 18.0 Å². The van der Waals surface area contributed by atoms with Gasteiger partial charge in [-0.05, 0) is 37.1 Å². The summed E-state index contributed by atoms with van der Waals surface area (Å²) in [5.74, 6) is 0. The highest BCUT2D eigenvalue weighted by Crippen LogP contribution is 2.33. The molecule has 0 aliphatic heterocycles. The molecular formula is C19H18N3+. The highest BCUT2D eigenvalue weighted by molar-refractivity contribution is 5.71. The van der Waals surface area contributed by atoms with Crippen LogP contribution in [-0.4, -0.2) is 9.97 Å². The summed E-state index contributed by atoms with van der Waals surface area (Å²) in [5.41, 5.74) is 9.81. The molecule has 4 rings (SSSR count). The van der Waals surface area contributed by atoms with Crippen molar-refractivity contribution in [3.05, 3.63) is 65.2 Å². The first-order valence-corrected chi connectivity index (χ1v) is 7.54. The van der Waals surface area contributed by atoms with Crippen molar-refractivity contribution in [3.8, 4) is 22.5 Å². The number of aryl methyl sites for hydroxylation is 2. The average molecular weight is 288 g/mol. The van der Waals surface area contributed by atoms with Crippen LogP contribution in [0.25, 0.3) is 22.5 Å². The summed E-state index contributed by atoms with van der Waals surface area (Å²) in [4.78, 5) is 9.00. The van der Waals surface area contributed by atoms with Crippen molar-refractivity contribution in [2.75, 3.05) is 0 Å². The molecule has 0 fully saturated rings. The largest absolute Gasteiger partial charge is 0.264 e. The average Bonchev–Trinajstić information content (AvgIpc) is 2.90. The number of nitrogens with zero attached hydrogens (tertiary/aromatic N) is 3.